The molecule has 1 saturated heterocycles. The zero-order valence-corrected chi connectivity index (χ0v) is 9.86. The molecule has 16 heavy (non-hydrogen) atoms. The summed E-state index contributed by atoms with van der Waals surface area (Å²) in [4.78, 5) is 0. The van der Waals surface area contributed by atoms with Crippen LogP contribution in [0.25, 0.3) is 0 Å². The van der Waals surface area contributed by atoms with Crippen molar-refractivity contribution in [1.29, 1.82) is 0 Å². The fourth-order valence-corrected chi connectivity index (χ4v) is 3.72. The molecule has 1 aliphatic heterocycles. The summed E-state index contributed by atoms with van der Waals surface area (Å²) >= 11 is 0. The zero-order chi connectivity index (χ0) is 11.1. The van der Waals surface area contributed by atoms with Crippen molar-refractivity contribution in [3.05, 3.63) is 0 Å². The third kappa shape index (κ3) is 1.99. The van der Waals surface area contributed by atoms with Crippen LogP contribution in [0.15, 0.2) is 0 Å². The average Bonchev–Trinajstić information content (AvgIpc) is 2.26. The third-order valence-electron chi connectivity index (χ3n) is 4.64. The SMILES string of the molecule is NC1CCC2NC3CCC(N)CC3NC2C1. The second-order valence-electron chi connectivity index (χ2n) is 5.91. The van der Waals surface area contributed by atoms with Crippen molar-refractivity contribution in [1.82, 2.24) is 10.6 Å². The number of nitrogens with two attached hydrogens (primary N) is 2. The molecule has 2 aliphatic carbocycles. The van der Waals surface area contributed by atoms with Gasteiger partial charge in [-0.2, -0.15) is 0 Å². The minimum Gasteiger partial charge on any atom is -0.328 e. The Morgan fingerprint density at radius 3 is 1.56 bits per heavy atom. The van der Waals surface area contributed by atoms with Crippen LogP contribution in [-0.2, 0) is 0 Å². The Kier molecular flexibility index (Phi) is 2.92. The molecule has 0 amide bonds. The molecule has 92 valence electrons. The quantitative estimate of drug-likeness (QED) is 0.455. The van der Waals surface area contributed by atoms with E-state index in [1.54, 1.807) is 0 Å². The molecule has 6 unspecified atom stereocenters. The van der Waals surface area contributed by atoms with E-state index in [0.717, 1.165) is 12.8 Å². The fourth-order valence-electron chi connectivity index (χ4n) is 3.72. The minimum atomic E-state index is 0.393. The minimum absolute atomic E-state index is 0.393. The van der Waals surface area contributed by atoms with E-state index in [2.05, 4.69) is 10.6 Å². The van der Waals surface area contributed by atoms with Crippen molar-refractivity contribution < 1.29 is 0 Å². The molecule has 4 heteroatoms. The van der Waals surface area contributed by atoms with Gasteiger partial charge in [0.25, 0.3) is 0 Å². The van der Waals surface area contributed by atoms with Gasteiger partial charge in [0.1, 0.15) is 0 Å². The number of hydrogen-bond donors (Lipinski definition) is 4. The maximum atomic E-state index is 6.04. The molecular formula is C12H24N4. The molecule has 2 saturated carbocycles. The monoisotopic (exact) mass is 224 g/mol. The predicted octanol–water partition coefficient (Wildman–Crippen LogP) is -0.324. The van der Waals surface area contributed by atoms with Crippen LogP contribution in [0.2, 0.25) is 0 Å². The molecule has 0 radical (unpaired) electrons. The Balaban J connectivity index is 1.67. The van der Waals surface area contributed by atoms with Crippen LogP contribution in [0.5, 0.6) is 0 Å². The van der Waals surface area contributed by atoms with Gasteiger partial charge in [-0.05, 0) is 38.5 Å². The lowest BCUT2D eigenvalue weighted by Crippen LogP contribution is -2.69. The first kappa shape index (κ1) is 11.0. The van der Waals surface area contributed by atoms with E-state index in [4.69, 9.17) is 11.5 Å². The number of rotatable bonds is 0. The van der Waals surface area contributed by atoms with E-state index in [0.29, 0.717) is 36.3 Å². The van der Waals surface area contributed by atoms with Gasteiger partial charge in [-0.15, -0.1) is 0 Å². The van der Waals surface area contributed by atoms with Crippen molar-refractivity contribution >= 4 is 0 Å². The Morgan fingerprint density at radius 2 is 1.06 bits per heavy atom. The van der Waals surface area contributed by atoms with Gasteiger partial charge in [0.2, 0.25) is 0 Å². The first-order valence-electron chi connectivity index (χ1n) is 6.75. The zero-order valence-electron chi connectivity index (χ0n) is 9.86. The highest BCUT2D eigenvalue weighted by Crippen LogP contribution is 2.28. The van der Waals surface area contributed by atoms with Crippen molar-refractivity contribution in [2.75, 3.05) is 0 Å². The van der Waals surface area contributed by atoms with Crippen molar-refractivity contribution in [3.63, 3.8) is 0 Å². The second kappa shape index (κ2) is 4.26. The van der Waals surface area contributed by atoms with E-state index < -0.39 is 0 Å². The number of piperazine rings is 1. The topological polar surface area (TPSA) is 76.1 Å². The standard InChI is InChI=1S/C12H24N4/c13-7-1-3-9-11(5-7)16-12-6-8(14)2-4-10(12)15-9/h7-12,15-16H,1-6,13-14H2. The van der Waals surface area contributed by atoms with Crippen LogP contribution < -0.4 is 22.1 Å². The fraction of sp³-hybridized carbons (Fsp3) is 1.00. The number of nitrogens with one attached hydrogen (secondary N) is 2. The van der Waals surface area contributed by atoms with Gasteiger partial charge in [-0.3, -0.25) is 0 Å². The van der Waals surface area contributed by atoms with Gasteiger partial charge in [0.15, 0.2) is 0 Å². The molecular weight excluding hydrogens is 200 g/mol. The van der Waals surface area contributed by atoms with Crippen LogP contribution in [0.3, 0.4) is 0 Å². The molecule has 0 aromatic rings. The number of fused-ring (bicyclic) bond motifs is 2. The average molecular weight is 224 g/mol. The molecule has 4 nitrogen and oxygen atoms in total. The van der Waals surface area contributed by atoms with Crippen molar-refractivity contribution in [3.8, 4) is 0 Å². The molecule has 6 N–H and O–H groups in total. The Bertz CT molecular complexity index is 233. The van der Waals surface area contributed by atoms with Gasteiger partial charge in [-0.25, -0.2) is 0 Å². The normalized spacial score (nSPS) is 52.9. The Labute approximate surface area is 97.5 Å². The molecule has 1 heterocycles. The number of hydrogen-bond acceptors (Lipinski definition) is 4. The Hall–Kier alpha value is -0.160. The molecule has 6 atom stereocenters. The van der Waals surface area contributed by atoms with Gasteiger partial charge in [0, 0.05) is 36.3 Å². The highest BCUT2D eigenvalue weighted by Gasteiger charge is 2.40. The van der Waals surface area contributed by atoms with Crippen LogP contribution in [0, 0.1) is 0 Å². The van der Waals surface area contributed by atoms with Crippen LogP contribution >= 0.6 is 0 Å². The maximum Gasteiger partial charge on any atom is 0.0239 e. The third-order valence-corrected chi connectivity index (χ3v) is 4.64. The largest absolute Gasteiger partial charge is 0.328 e. The van der Waals surface area contributed by atoms with Gasteiger partial charge in [-0.1, -0.05) is 0 Å². The highest BCUT2D eigenvalue weighted by atomic mass is 15.2. The van der Waals surface area contributed by atoms with E-state index in [1.165, 1.54) is 25.7 Å². The molecule has 0 bridgehead atoms. The lowest BCUT2D eigenvalue weighted by molar-refractivity contribution is 0.125. The van der Waals surface area contributed by atoms with Crippen LogP contribution in [0.4, 0.5) is 0 Å². The molecule has 0 aromatic carbocycles. The predicted molar refractivity (Wildman–Crippen MR) is 65.1 cm³/mol. The smallest absolute Gasteiger partial charge is 0.0239 e. The summed E-state index contributed by atoms with van der Waals surface area (Å²) in [6.07, 6.45) is 7.05. The molecule has 3 rings (SSSR count). The van der Waals surface area contributed by atoms with Crippen molar-refractivity contribution in [2.24, 2.45) is 11.5 Å². The summed E-state index contributed by atoms with van der Waals surface area (Å²) in [6, 6.07) is 3.24. The molecule has 3 fully saturated rings. The molecule has 0 spiro atoms. The van der Waals surface area contributed by atoms with Gasteiger partial charge < -0.3 is 22.1 Å². The first-order valence-corrected chi connectivity index (χ1v) is 6.75. The van der Waals surface area contributed by atoms with E-state index >= 15 is 0 Å². The highest BCUT2D eigenvalue weighted by molar-refractivity contribution is 5.04. The summed E-state index contributed by atoms with van der Waals surface area (Å²) in [7, 11) is 0. The second-order valence-corrected chi connectivity index (χ2v) is 5.91. The van der Waals surface area contributed by atoms with Crippen molar-refractivity contribution in [2.45, 2.75) is 74.8 Å². The van der Waals surface area contributed by atoms with E-state index in [-0.39, 0.29) is 0 Å². The van der Waals surface area contributed by atoms with E-state index in [1.807, 2.05) is 0 Å². The van der Waals surface area contributed by atoms with E-state index in [9.17, 15) is 0 Å². The lowest BCUT2D eigenvalue weighted by atomic mass is 9.78. The maximum absolute atomic E-state index is 6.04. The summed E-state index contributed by atoms with van der Waals surface area (Å²) in [5.41, 5.74) is 12.1. The summed E-state index contributed by atoms with van der Waals surface area (Å²) < 4.78 is 0. The van der Waals surface area contributed by atoms with Gasteiger partial charge in [0.05, 0.1) is 0 Å². The summed E-state index contributed by atoms with van der Waals surface area (Å²) in [6.45, 7) is 0. The van der Waals surface area contributed by atoms with Gasteiger partial charge >= 0.3 is 0 Å². The Morgan fingerprint density at radius 1 is 0.625 bits per heavy atom. The summed E-state index contributed by atoms with van der Waals surface area (Å²) in [5.74, 6) is 0. The lowest BCUT2D eigenvalue weighted by Gasteiger charge is -2.49. The molecule has 3 aliphatic rings. The molecule has 0 aromatic heterocycles. The summed E-state index contributed by atoms with van der Waals surface area (Å²) in [5, 5.41) is 7.62. The van der Waals surface area contributed by atoms with Crippen LogP contribution in [0.1, 0.15) is 38.5 Å². The van der Waals surface area contributed by atoms with Crippen LogP contribution in [-0.4, -0.2) is 36.3 Å². The first-order chi connectivity index (χ1) is 7.72.